The van der Waals surface area contributed by atoms with E-state index in [1.807, 2.05) is 0 Å². The quantitative estimate of drug-likeness (QED) is 0.496. The summed E-state index contributed by atoms with van der Waals surface area (Å²) in [7, 11) is 1.55. The van der Waals surface area contributed by atoms with Gasteiger partial charge < -0.3 is 21.5 Å². The predicted molar refractivity (Wildman–Crippen MR) is 63.4 cm³/mol. The first-order valence-electron chi connectivity index (χ1n) is 5.11. The van der Waals surface area contributed by atoms with E-state index in [1.165, 1.54) is 0 Å². The van der Waals surface area contributed by atoms with Gasteiger partial charge in [0.2, 0.25) is 0 Å². The lowest BCUT2D eigenvalue weighted by Gasteiger charge is -2.08. The average molecular weight is 223 g/mol. The highest BCUT2D eigenvalue weighted by molar-refractivity contribution is 5.99. The van der Waals surface area contributed by atoms with Crippen LogP contribution in [-0.2, 0) is 0 Å². The number of carbonyl (C=O) groups excluding carboxylic acids is 1. The molecule has 0 unspecified atom stereocenters. The zero-order valence-electron chi connectivity index (χ0n) is 9.32. The van der Waals surface area contributed by atoms with Crippen LogP contribution in [0.15, 0.2) is 18.2 Å². The van der Waals surface area contributed by atoms with Crippen LogP contribution in [0.1, 0.15) is 16.8 Å². The van der Waals surface area contributed by atoms with E-state index < -0.39 is 0 Å². The lowest BCUT2D eigenvalue weighted by atomic mass is 10.1. The Morgan fingerprint density at radius 3 is 2.81 bits per heavy atom. The normalized spacial score (nSPS) is 9.88. The van der Waals surface area contributed by atoms with E-state index in [4.69, 9.17) is 16.2 Å². The van der Waals surface area contributed by atoms with E-state index in [0.29, 0.717) is 30.1 Å². The molecule has 0 spiro atoms. The van der Waals surface area contributed by atoms with Gasteiger partial charge in [-0.3, -0.25) is 4.79 Å². The third-order valence-electron chi connectivity index (χ3n) is 2.17. The van der Waals surface area contributed by atoms with E-state index in [-0.39, 0.29) is 5.91 Å². The van der Waals surface area contributed by atoms with Crippen LogP contribution in [0.3, 0.4) is 0 Å². The van der Waals surface area contributed by atoms with Crippen LogP contribution >= 0.6 is 0 Å². The van der Waals surface area contributed by atoms with Gasteiger partial charge in [-0.05, 0) is 25.1 Å². The maximum absolute atomic E-state index is 11.7. The second kappa shape index (κ2) is 5.97. The van der Waals surface area contributed by atoms with Crippen molar-refractivity contribution in [3.63, 3.8) is 0 Å². The number of benzene rings is 1. The smallest absolute Gasteiger partial charge is 0.253 e. The minimum atomic E-state index is -0.186. The molecule has 0 bridgehead atoms. The van der Waals surface area contributed by atoms with Gasteiger partial charge in [-0.1, -0.05) is 0 Å². The van der Waals surface area contributed by atoms with Crippen LogP contribution in [0.4, 0.5) is 5.69 Å². The van der Waals surface area contributed by atoms with Crippen LogP contribution in [0, 0.1) is 0 Å². The Hall–Kier alpha value is -1.75. The molecule has 0 saturated carbocycles. The van der Waals surface area contributed by atoms with Crippen molar-refractivity contribution in [1.29, 1.82) is 0 Å². The summed E-state index contributed by atoms with van der Waals surface area (Å²) in [5.74, 6) is 0.449. The lowest BCUT2D eigenvalue weighted by molar-refractivity contribution is 0.0954. The molecule has 5 heteroatoms. The van der Waals surface area contributed by atoms with Crippen LogP contribution in [0.25, 0.3) is 0 Å². The maximum atomic E-state index is 11.7. The molecule has 0 aromatic heterocycles. The summed E-state index contributed by atoms with van der Waals surface area (Å²) in [5.41, 5.74) is 11.9. The topological polar surface area (TPSA) is 90.4 Å². The number of nitrogens with one attached hydrogen (secondary N) is 1. The number of nitrogen functional groups attached to an aromatic ring is 1. The van der Waals surface area contributed by atoms with Gasteiger partial charge in [-0.15, -0.1) is 0 Å². The minimum absolute atomic E-state index is 0.186. The summed E-state index contributed by atoms with van der Waals surface area (Å²) in [4.78, 5) is 11.7. The Balaban J connectivity index is 2.68. The summed E-state index contributed by atoms with van der Waals surface area (Å²) < 4.78 is 5.00. The number of ether oxygens (including phenoxy) is 1. The molecule has 1 aromatic rings. The van der Waals surface area contributed by atoms with Crippen LogP contribution < -0.4 is 21.5 Å². The Morgan fingerprint density at radius 2 is 2.25 bits per heavy atom. The van der Waals surface area contributed by atoms with Gasteiger partial charge in [-0.2, -0.15) is 0 Å². The monoisotopic (exact) mass is 223 g/mol. The zero-order valence-corrected chi connectivity index (χ0v) is 9.32. The number of anilines is 1. The number of methoxy groups -OCH3 is 1. The van der Waals surface area contributed by atoms with Crippen LogP contribution in [-0.4, -0.2) is 26.1 Å². The summed E-state index contributed by atoms with van der Waals surface area (Å²) in [6, 6.07) is 4.97. The van der Waals surface area contributed by atoms with Gasteiger partial charge in [0.25, 0.3) is 5.91 Å². The second-order valence-corrected chi connectivity index (χ2v) is 3.35. The van der Waals surface area contributed by atoms with Crippen molar-refractivity contribution >= 4 is 11.6 Å². The Kier molecular flexibility index (Phi) is 4.60. The Morgan fingerprint density at radius 1 is 1.50 bits per heavy atom. The number of hydrogen-bond acceptors (Lipinski definition) is 4. The molecule has 5 N–H and O–H groups in total. The molecule has 1 amide bonds. The molecular formula is C11H17N3O2. The standard InChI is InChI=1S/C11H17N3O2/c1-16-8-3-4-9(10(13)7-8)11(15)14-6-2-5-12/h3-4,7H,2,5-6,12-13H2,1H3,(H,14,15). The number of amides is 1. The molecule has 88 valence electrons. The van der Waals surface area contributed by atoms with Crippen LogP contribution in [0.2, 0.25) is 0 Å². The van der Waals surface area contributed by atoms with Gasteiger partial charge in [0.05, 0.1) is 12.7 Å². The molecule has 1 aromatic carbocycles. The van der Waals surface area contributed by atoms with Crippen LogP contribution in [0.5, 0.6) is 5.75 Å². The van der Waals surface area contributed by atoms with Crippen molar-refractivity contribution in [3.05, 3.63) is 23.8 Å². The van der Waals surface area contributed by atoms with E-state index in [1.54, 1.807) is 25.3 Å². The highest BCUT2D eigenvalue weighted by Crippen LogP contribution is 2.19. The van der Waals surface area contributed by atoms with Crippen molar-refractivity contribution in [1.82, 2.24) is 5.32 Å². The SMILES string of the molecule is COc1ccc(C(=O)NCCCN)c(N)c1. The van der Waals surface area contributed by atoms with Gasteiger partial charge in [0.1, 0.15) is 5.75 Å². The third kappa shape index (κ3) is 3.13. The zero-order chi connectivity index (χ0) is 12.0. The summed E-state index contributed by atoms with van der Waals surface area (Å²) in [5, 5.41) is 2.74. The first kappa shape index (κ1) is 12.3. The summed E-state index contributed by atoms with van der Waals surface area (Å²) >= 11 is 0. The summed E-state index contributed by atoms with van der Waals surface area (Å²) in [6.45, 7) is 1.11. The molecule has 0 atom stereocenters. The molecule has 0 heterocycles. The number of carbonyl (C=O) groups is 1. The molecular weight excluding hydrogens is 206 g/mol. The predicted octanol–water partition coefficient (Wildman–Crippen LogP) is 0.356. The average Bonchev–Trinajstić information content (AvgIpc) is 2.29. The van der Waals surface area contributed by atoms with E-state index in [2.05, 4.69) is 5.32 Å². The number of hydrogen-bond donors (Lipinski definition) is 3. The van der Waals surface area contributed by atoms with Gasteiger partial charge >= 0.3 is 0 Å². The fourth-order valence-corrected chi connectivity index (χ4v) is 1.27. The molecule has 5 nitrogen and oxygen atoms in total. The maximum Gasteiger partial charge on any atom is 0.253 e. The molecule has 0 saturated heterocycles. The Labute approximate surface area is 94.8 Å². The van der Waals surface area contributed by atoms with E-state index in [0.717, 1.165) is 6.42 Å². The van der Waals surface area contributed by atoms with Crippen molar-refractivity contribution in [2.24, 2.45) is 5.73 Å². The molecule has 0 aliphatic carbocycles. The highest BCUT2D eigenvalue weighted by atomic mass is 16.5. The first-order chi connectivity index (χ1) is 7.69. The fourth-order valence-electron chi connectivity index (χ4n) is 1.27. The van der Waals surface area contributed by atoms with Crippen molar-refractivity contribution in [2.45, 2.75) is 6.42 Å². The van der Waals surface area contributed by atoms with Gasteiger partial charge in [0, 0.05) is 18.3 Å². The molecule has 16 heavy (non-hydrogen) atoms. The van der Waals surface area contributed by atoms with Crippen molar-refractivity contribution in [2.75, 3.05) is 25.9 Å². The van der Waals surface area contributed by atoms with E-state index in [9.17, 15) is 4.79 Å². The number of nitrogens with two attached hydrogens (primary N) is 2. The fraction of sp³-hybridized carbons (Fsp3) is 0.364. The molecule has 0 radical (unpaired) electrons. The number of rotatable bonds is 5. The third-order valence-corrected chi connectivity index (χ3v) is 2.17. The lowest BCUT2D eigenvalue weighted by Crippen LogP contribution is -2.26. The molecule has 1 rings (SSSR count). The second-order valence-electron chi connectivity index (χ2n) is 3.35. The molecule has 0 aliphatic rings. The van der Waals surface area contributed by atoms with Gasteiger partial charge in [0.15, 0.2) is 0 Å². The van der Waals surface area contributed by atoms with Gasteiger partial charge in [-0.25, -0.2) is 0 Å². The molecule has 0 fully saturated rings. The highest BCUT2D eigenvalue weighted by Gasteiger charge is 2.09. The van der Waals surface area contributed by atoms with Crippen molar-refractivity contribution < 1.29 is 9.53 Å². The Bertz CT molecular complexity index is 366. The van der Waals surface area contributed by atoms with E-state index >= 15 is 0 Å². The summed E-state index contributed by atoms with van der Waals surface area (Å²) in [6.07, 6.45) is 0.752. The largest absolute Gasteiger partial charge is 0.497 e. The molecule has 0 aliphatic heterocycles. The first-order valence-corrected chi connectivity index (χ1v) is 5.11. The minimum Gasteiger partial charge on any atom is -0.497 e. The van der Waals surface area contributed by atoms with Crippen molar-refractivity contribution in [3.8, 4) is 5.75 Å².